The molecule has 0 aromatic heterocycles. The number of anilines is 1. The van der Waals surface area contributed by atoms with Crippen LogP contribution in [0.2, 0.25) is 0 Å². The Kier molecular flexibility index (Phi) is 5.70. The Morgan fingerprint density at radius 3 is 2.25 bits per heavy atom. The summed E-state index contributed by atoms with van der Waals surface area (Å²) in [4.78, 5) is 18.2. The van der Waals surface area contributed by atoms with Gasteiger partial charge in [-0.05, 0) is 37.1 Å². The highest BCUT2D eigenvalue weighted by molar-refractivity contribution is 5.95. The summed E-state index contributed by atoms with van der Waals surface area (Å²) in [6, 6.07) is 6.88. The molecule has 0 aliphatic carbocycles. The molecule has 0 fully saturated rings. The summed E-state index contributed by atoms with van der Waals surface area (Å²) in [7, 11) is 3.89. The Labute approximate surface area is 120 Å². The highest BCUT2D eigenvalue weighted by Crippen LogP contribution is 2.17. The third-order valence-corrected chi connectivity index (χ3v) is 3.09. The molecule has 0 radical (unpaired) electrons. The molecular weight excluding hydrogens is 252 g/mol. The molecule has 110 valence electrons. The van der Waals surface area contributed by atoms with Gasteiger partial charge in [-0.25, -0.2) is 4.99 Å². The maximum atomic E-state index is 11.8. The number of carbonyl (C=O) groups is 1. The van der Waals surface area contributed by atoms with Gasteiger partial charge < -0.3 is 16.0 Å². The van der Waals surface area contributed by atoms with E-state index >= 15 is 0 Å². The number of amidine groups is 1. The molecule has 0 heterocycles. The number of carbonyl (C=O) groups excluding carboxylic acids is 1. The van der Waals surface area contributed by atoms with Gasteiger partial charge in [-0.2, -0.15) is 0 Å². The van der Waals surface area contributed by atoms with E-state index in [9.17, 15) is 4.79 Å². The van der Waals surface area contributed by atoms with Crippen molar-refractivity contribution >= 4 is 23.1 Å². The smallest absolute Gasteiger partial charge is 0.241 e. The molecule has 0 aliphatic rings. The third-order valence-electron chi connectivity index (χ3n) is 3.09. The molecule has 5 nitrogen and oxygen atoms in total. The monoisotopic (exact) mass is 276 g/mol. The number of benzene rings is 1. The topological polar surface area (TPSA) is 70.7 Å². The van der Waals surface area contributed by atoms with Gasteiger partial charge in [0.25, 0.3) is 0 Å². The van der Waals surface area contributed by atoms with E-state index in [0.717, 1.165) is 17.2 Å². The van der Waals surface area contributed by atoms with E-state index in [2.05, 4.69) is 10.3 Å². The first-order valence-corrected chi connectivity index (χ1v) is 6.70. The zero-order valence-electron chi connectivity index (χ0n) is 12.8. The van der Waals surface area contributed by atoms with E-state index in [1.807, 2.05) is 64.0 Å². The Morgan fingerprint density at radius 1 is 1.25 bits per heavy atom. The van der Waals surface area contributed by atoms with E-state index in [4.69, 9.17) is 5.73 Å². The normalized spacial score (nSPS) is 13.2. The van der Waals surface area contributed by atoms with Crippen molar-refractivity contribution in [3.63, 3.8) is 0 Å². The summed E-state index contributed by atoms with van der Waals surface area (Å²) >= 11 is 0. The zero-order valence-corrected chi connectivity index (χ0v) is 12.8. The maximum absolute atomic E-state index is 11.8. The molecule has 1 atom stereocenters. The van der Waals surface area contributed by atoms with Crippen molar-refractivity contribution in [1.82, 2.24) is 4.90 Å². The largest absolute Gasteiger partial charge is 0.366 e. The van der Waals surface area contributed by atoms with Crippen LogP contribution in [0.25, 0.3) is 0 Å². The van der Waals surface area contributed by atoms with E-state index in [-0.39, 0.29) is 11.8 Å². The first-order chi connectivity index (χ1) is 9.31. The summed E-state index contributed by atoms with van der Waals surface area (Å²) in [5.74, 6) is 0.867. The molecule has 0 bridgehead atoms. The van der Waals surface area contributed by atoms with Crippen LogP contribution in [0, 0.1) is 5.92 Å². The summed E-state index contributed by atoms with van der Waals surface area (Å²) in [6.07, 6.45) is 0. The predicted molar refractivity (Wildman–Crippen MR) is 84.3 cm³/mol. The quantitative estimate of drug-likeness (QED) is 0.654. The van der Waals surface area contributed by atoms with Crippen LogP contribution in [0.4, 0.5) is 11.4 Å². The minimum atomic E-state index is -0.497. The molecule has 3 N–H and O–H groups in total. The van der Waals surface area contributed by atoms with Gasteiger partial charge >= 0.3 is 0 Å². The van der Waals surface area contributed by atoms with Gasteiger partial charge in [-0.1, -0.05) is 13.8 Å². The van der Waals surface area contributed by atoms with Crippen LogP contribution in [0.5, 0.6) is 0 Å². The van der Waals surface area contributed by atoms with Gasteiger partial charge in [0, 0.05) is 19.8 Å². The van der Waals surface area contributed by atoms with Gasteiger partial charge in [-0.15, -0.1) is 0 Å². The summed E-state index contributed by atoms with van der Waals surface area (Å²) < 4.78 is 0. The minimum Gasteiger partial charge on any atom is -0.366 e. The number of aliphatic imine (C=N–C) groups is 1. The van der Waals surface area contributed by atoms with Gasteiger partial charge in [0.15, 0.2) is 0 Å². The molecule has 0 spiro atoms. The molecule has 1 rings (SSSR count). The third kappa shape index (κ3) is 4.66. The van der Waals surface area contributed by atoms with Crippen molar-refractivity contribution in [2.24, 2.45) is 16.6 Å². The second kappa shape index (κ2) is 7.05. The minimum absolute atomic E-state index is 0.113. The van der Waals surface area contributed by atoms with Gasteiger partial charge in [0.1, 0.15) is 5.84 Å². The number of nitrogens with zero attached hydrogens (tertiary/aromatic N) is 2. The number of nitrogens with two attached hydrogens (primary N) is 1. The van der Waals surface area contributed by atoms with E-state index in [0.29, 0.717) is 0 Å². The average molecular weight is 276 g/mol. The number of hydrogen-bond donors (Lipinski definition) is 2. The van der Waals surface area contributed by atoms with Gasteiger partial charge in [0.05, 0.1) is 11.7 Å². The van der Waals surface area contributed by atoms with Crippen molar-refractivity contribution in [3.05, 3.63) is 24.3 Å². The van der Waals surface area contributed by atoms with Crippen molar-refractivity contribution in [1.29, 1.82) is 0 Å². The Morgan fingerprint density at radius 2 is 1.80 bits per heavy atom. The van der Waals surface area contributed by atoms with Crippen LogP contribution < -0.4 is 11.1 Å². The molecule has 1 aromatic rings. The first-order valence-electron chi connectivity index (χ1n) is 6.70. The lowest BCUT2D eigenvalue weighted by molar-refractivity contribution is -0.118. The zero-order chi connectivity index (χ0) is 15.3. The van der Waals surface area contributed by atoms with Crippen LogP contribution in [0.1, 0.15) is 20.8 Å². The number of hydrogen-bond acceptors (Lipinski definition) is 3. The number of rotatable bonds is 4. The summed E-state index contributed by atoms with van der Waals surface area (Å²) in [5.41, 5.74) is 7.38. The second-order valence-electron chi connectivity index (χ2n) is 5.36. The Hall–Kier alpha value is -1.88. The SMILES string of the molecule is CC(=Nc1ccc(NC(=O)[C@H](N)C(C)C)cc1)N(C)C. The molecule has 5 heteroatoms. The van der Waals surface area contributed by atoms with Crippen LogP contribution >= 0.6 is 0 Å². The van der Waals surface area contributed by atoms with E-state index in [1.54, 1.807) is 0 Å². The fourth-order valence-corrected chi connectivity index (χ4v) is 1.43. The molecule has 0 unspecified atom stereocenters. The molecule has 1 amide bonds. The van der Waals surface area contributed by atoms with E-state index < -0.39 is 6.04 Å². The van der Waals surface area contributed by atoms with Crippen molar-refractivity contribution in [3.8, 4) is 0 Å². The fraction of sp³-hybridized carbons (Fsp3) is 0.467. The molecule has 0 saturated carbocycles. The molecule has 0 aliphatic heterocycles. The lowest BCUT2D eigenvalue weighted by Gasteiger charge is -2.15. The van der Waals surface area contributed by atoms with Crippen molar-refractivity contribution in [2.45, 2.75) is 26.8 Å². The molecule has 20 heavy (non-hydrogen) atoms. The van der Waals surface area contributed by atoms with Crippen LogP contribution in [0.15, 0.2) is 29.3 Å². The maximum Gasteiger partial charge on any atom is 0.241 e. The highest BCUT2D eigenvalue weighted by Gasteiger charge is 2.16. The fourth-order valence-electron chi connectivity index (χ4n) is 1.43. The second-order valence-corrected chi connectivity index (χ2v) is 5.36. The highest BCUT2D eigenvalue weighted by atomic mass is 16.2. The van der Waals surface area contributed by atoms with Gasteiger partial charge in [0.2, 0.25) is 5.91 Å². The summed E-state index contributed by atoms with van der Waals surface area (Å²) in [5, 5.41) is 2.80. The number of amides is 1. The lowest BCUT2D eigenvalue weighted by atomic mass is 10.0. The molecular formula is C15H24N4O. The van der Waals surface area contributed by atoms with Crippen molar-refractivity contribution in [2.75, 3.05) is 19.4 Å². The first kappa shape index (κ1) is 16.2. The average Bonchev–Trinajstić information content (AvgIpc) is 2.39. The Bertz CT molecular complexity index is 477. The predicted octanol–water partition coefficient (Wildman–Crippen LogP) is 2.22. The van der Waals surface area contributed by atoms with Crippen molar-refractivity contribution < 1.29 is 4.79 Å². The molecule has 1 aromatic carbocycles. The number of nitrogens with one attached hydrogen (secondary N) is 1. The van der Waals surface area contributed by atoms with Crippen LogP contribution in [0.3, 0.4) is 0 Å². The lowest BCUT2D eigenvalue weighted by Crippen LogP contribution is -2.39. The summed E-state index contributed by atoms with van der Waals surface area (Å²) in [6.45, 7) is 5.79. The van der Waals surface area contributed by atoms with E-state index in [1.165, 1.54) is 0 Å². The molecule has 0 saturated heterocycles. The van der Waals surface area contributed by atoms with Crippen LogP contribution in [-0.2, 0) is 4.79 Å². The van der Waals surface area contributed by atoms with Gasteiger partial charge in [-0.3, -0.25) is 4.79 Å². The van der Waals surface area contributed by atoms with Crippen LogP contribution in [-0.4, -0.2) is 36.8 Å². The standard InChI is InChI=1S/C15H24N4O/c1-10(2)14(16)15(20)18-13-8-6-12(7-9-13)17-11(3)19(4)5/h6-10,14H,16H2,1-5H3,(H,18,20)/t14-/m1/s1. The Balaban J connectivity index is 2.73.